The SMILES string of the molecule is CCCCCC(C)NCCNC. The number of unbranched alkanes of at least 4 members (excludes halogenated alkanes) is 2. The highest BCUT2D eigenvalue weighted by molar-refractivity contribution is 4.60. The fourth-order valence-electron chi connectivity index (χ4n) is 1.25. The molecule has 12 heavy (non-hydrogen) atoms. The van der Waals surface area contributed by atoms with E-state index < -0.39 is 0 Å². The number of rotatable bonds is 8. The average Bonchev–Trinajstić information content (AvgIpc) is 2.06. The molecule has 0 amide bonds. The molecule has 0 aliphatic rings. The third-order valence-electron chi connectivity index (χ3n) is 2.11. The van der Waals surface area contributed by atoms with Crippen molar-refractivity contribution in [3.8, 4) is 0 Å². The molecule has 2 heteroatoms. The minimum atomic E-state index is 0.685. The fraction of sp³-hybridized carbons (Fsp3) is 1.00. The van der Waals surface area contributed by atoms with E-state index in [1.165, 1.54) is 25.7 Å². The maximum absolute atomic E-state index is 3.48. The molecule has 0 saturated heterocycles. The Morgan fingerprint density at radius 2 is 1.92 bits per heavy atom. The zero-order valence-corrected chi connectivity index (χ0v) is 8.82. The molecule has 74 valence electrons. The van der Waals surface area contributed by atoms with E-state index in [9.17, 15) is 0 Å². The van der Waals surface area contributed by atoms with Crippen molar-refractivity contribution in [1.29, 1.82) is 0 Å². The fourth-order valence-corrected chi connectivity index (χ4v) is 1.25. The van der Waals surface area contributed by atoms with Crippen LogP contribution in [0.1, 0.15) is 39.5 Å². The third-order valence-corrected chi connectivity index (χ3v) is 2.11. The summed E-state index contributed by atoms with van der Waals surface area (Å²) in [5, 5.41) is 6.61. The summed E-state index contributed by atoms with van der Waals surface area (Å²) in [5.41, 5.74) is 0. The Morgan fingerprint density at radius 3 is 2.50 bits per heavy atom. The number of likely N-dealkylation sites (N-methyl/N-ethyl adjacent to an activating group) is 1. The van der Waals surface area contributed by atoms with E-state index in [1.807, 2.05) is 7.05 Å². The standard InChI is InChI=1S/C10H24N2/c1-4-5-6-7-10(2)12-9-8-11-3/h10-12H,4-9H2,1-3H3. The number of hydrogen-bond acceptors (Lipinski definition) is 2. The smallest absolute Gasteiger partial charge is 0.00790 e. The molecule has 0 heterocycles. The maximum Gasteiger partial charge on any atom is 0.00790 e. The van der Waals surface area contributed by atoms with Gasteiger partial charge in [0.05, 0.1) is 0 Å². The van der Waals surface area contributed by atoms with E-state index in [-0.39, 0.29) is 0 Å². The summed E-state index contributed by atoms with van der Waals surface area (Å²) in [6.45, 7) is 6.67. The summed E-state index contributed by atoms with van der Waals surface area (Å²) in [4.78, 5) is 0. The van der Waals surface area contributed by atoms with Crippen LogP contribution in [0.15, 0.2) is 0 Å². The van der Waals surface area contributed by atoms with Crippen LogP contribution >= 0.6 is 0 Å². The summed E-state index contributed by atoms with van der Waals surface area (Å²) in [6.07, 6.45) is 5.38. The molecule has 0 aliphatic heterocycles. The van der Waals surface area contributed by atoms with Crippen LogP contribution in [0.25, 0.3) is 0 Å². The van der Waals surface area contributed by atoms with Gasteiger partial charge in [0.2, 0.25) is 0 Å². The topological polar surface area (TPSA) is 24.1 Å². The van der Waals surface area contributed by atoms with Crippen molar-refractivity contribution in [3.05, 3.63) is 0 Å². The molecule has 0 rings (SSSR count). The van der Waals surface area contributed by atoms with Crippen molar-refractivity contribution in [2.24, 2.45) is 0 Å². The lowest BCUT2D eigenvalue weighted by Gasteiger charge is -2.12. The van der Waals surface area contributed by atoms with Crippen molar-refractivity contribution in [2.75, 3.05) is 20.1 Å². The zero-order chi connectivity index (χ0) is 9.23. The maximum atomic E-state index is 3.48. The van der Waals surface area contributed by atoms with Crippen LogP contribution in [0.2, 0.25) is 0 Å². The van der Waals surface area contributed by atoms with Gasteiger partial charge in [0.25, 0.3) is 0 Å². The first-order chi connectivity index (χ1) is 5.81. The van der Waals surface area contributed by atoms with Crippen molar-refractivity contribution in [1.82, 2.24) is 10.6 Å². The third kappa shape index (κ3) is 8.02. The van der Waals surface area contributed by atoms with Crippen molar-refractivity contribution < 1.29 is 0 Å². The molecule has 1 atom stereocenters. The van der Waals surface area contributed by atoms with Gasteiger partial charge in [-0.15, -0.1) is 0 Å². The van der Waals surface area contributed by atoms with E-state index in [1.54, 1.807) is 0 Å². The van der Waals surface area contributed by atoms with Crippen LogP contribution in [-0.2, 0) is 0 Å². The van der Waals surface area contributed by atoms with Gasteiger partial charge in [0, 0.05) is 19.1 Å². The minimum Gasteiger partial charge on any atom is -0.318 e. The van der Waals surface area contributed by atoms with Gasteiger partial charge in [-0.1, -0.05) is 26.2 Å². The Labute approximate surface area is 77.1 Å². The molecule has 0 aliphatic carbocycles. The first kappa shape index (κ1) is 11.9. The average molecular weight is 172 g/mol. The van der Waals surface area contributed by atoms with Crippen LogP contribution in [-0.4, -0.2) is 26.2 Å². The van der Waals surface area contributed by atoms with E-state index in [0.717, 1.165) is 13.1 Å². The van der Waals surface area contributed by atoms with Gasteiger partial charge in [0.1, 0.15) is 0 Å². The summed E-state index contributed by atoms with van der Waals surface area (Å²) in [6, 6.07) is 0.685. The second-order valence-electron chi connectivity index (χ2n) is 3.45. The van der Waals surface area contributed by atoms with Crippen molar-refractivity contribution in [3.63, 3.8) is 0 Å². The predicted octanol–water partition coefficient (Wildman–Crippen LogP) is 1.76. The molecule has 2 N–H and O–H groups in total. The predicted molar refractivity (Wildman–Crippen MR) is 55.5 cm³/mol. The highest BCUT2D eigenvalue weighted by Crippen LogP contribution is 2.01. The second kappa shape index (κ2) is 9.01. The largest absolute Gasteiger partial charge is 0.318 e. The zero-order valence-electron chi connectivity index (χ0n) is 8.82. The first-order valence-electron chi connectivity index (χ1n) is 5.19. The Balaban J connectivity index is 3.04. The minimum absolute atomic E-state index is 0.685. The van der Waals surface area contributed by atoms with Crippen molar-refractivity contribution >= 4 is 0 Å². The van der Waals surface area contributed by atoms with Crippen LogP contribution in [0, 0.1) is 0 Å². The van der Waals surface area contributed by atoms with Crippen molar-refractivity contribution in [2.45, 2.75) is 45.6 Å². The van der Waals surface area contributed by atoms with Gasteiger partial charge in [-0.05, 0) is 20.4 Å². The molecule has 0 radical (unpaired) electrons. The molecule has 0 spiro atoms. The van der Waals surface area contributed by atoms with Gasteiger partial charge in [0.15, 0.2) is 0 Å². The Hall–Kier alpha value is -0.0800. The second-order valence-corrected chi connectivity index (χ2v) is 3.45. The Kier molecular flexibility index (Phi) is 8.95. The van der Waals surface area contributed by atoms with Crippen LogP contribution in [0.5, 0.6) is 0 Å². The quantitative estimate of drug-likeness (QED) is 0.545. The Bertz CT molecular complexity index is 73.9. The highest BCUT2D eigenvalue weighted by Gasteiger charge is 1.98. The molecule has 0 aromatic heterocycles. The van der Waals surface area contributed by atoms with Gasteiger partial charge in [-0.2, -0.15) is 0 Å². The lowest BCUT2D eigenvalue weighted by Crippen LogP contribution is -2.32. The van der Waals surface area contributed by atoms with Gasteiger partial charge in [-0.3, -0.25) is 0 Å². The molecular formula is C10H24N2. The highest BCUT2D eigenvalue weighted by atomic mass is 14.9. The molecule has 0 saturated carbocycles. The van der Waals surface area contributed by atoms with Crippen LogP contribution < -0.4 is 10.6 Å². The van der Waals surface area contributed by atoms with Gasteiger partial charge >= 0.3 is 0 Å². The van der Waals surface area contributed by atoms with Gasteiger partial charge < -0.3 is 10.6 Å². The summed E-state index contributed by atoms with van der Waals surface area (Å²) < 4.78 is 0. The number of nitrogens with one attached hydrogen (secondary N) is 2. The van der Waals surface area contributed by atoms with E-state index in [0.29, 0.717) is 6.04 Å². The lowest BCUT2D eigenvalue weighted by molar-refractivity contribution is 0.486. The monoisotopic (exact) mass is 172 g/mol. The van der Waals surface area contributed by atoms with E-state index in [2.05, 4.69) is 24.5 Å². The molecule has 0 aromatic carbocycles. The van der Waals surface area contributed by atoms with Crippen LogP contribution in [0.3, 0.4) is 0 Å². The molecule has 0 bridgehead atoms. The van der Waals surface area contributed by atoms with E-state index in [4.69, 9.17) is 0 Å². The molecular weight excluding hydrogens is 148 g/mol. The normalized spacial score (nSPS) is 13.2. The number of hydrogen-bond donors (Lipinski definition) is 2. The molecule has 0 aromatic rings. The Morgan fingerprint density at radius 1 is 1.17 bits per heavy atom. The lowest BCUT2D eigenvalue weighted by atomic mass is 10.1. The van der Waals surface area contributed by atoms with E-state index >= 15 is 0 Å². The summed E-state index contributed by atoms with van der Waals surface area (Å²) >= 11 is 0. The summed E-state index contributed by atoms with van der Waals surface area (Å²) in [5.74, 6) is 0. The van der Waals surface area contributed by atoms with Gasteiger partial charge in [-0.25, -0.2) is 0 Å². The first-order valence-corrected chi connectivity index (χ1v) is 5.19. The molecule has 1 unspecified atom stereocenters. The molecule has 2 nitrogen and oxygen atoms in total. The molecule has 0 fully saturated rings. The van der Waals surface area contributed by atoms with Crippen LogP contribution in [0.4, 0.5) is 0 Å². The summed E-state index contributed by atoms with van der Waals surface area (Å²) in [7, 11) is 1.99.